The van der Waals surface area contributed by atoms with Gasteiger partial charge in [0.05, 0.1) is 5.70 Å². The van der Waals surface area contributed by atoms with Gasteiger partial charge < -0.3 is 31.6 Å². The Morgan fingerprint density at radius 2 is 2.13 bits per heavy atom. The molecule has 2 atom stereocenters. The van der Waals surface area contributed by atoms with E-state index in [0.29, 0.717) is 32.3 Å². The summed E-state index contributed by atoms with van der Waals surface area (Å²) in [5, 5.41) is 27.8. The number of likely N-dealkylation sites (tertiary alicyclic amines) is 1. The van der Waals surface area contributed by atoms with Gasteiger partial charge in [-0.2, -0.15) is 13.2 Å². The zero-order chi connectivity index (χ0) is 17.8. The van der Waals surface area contributed by atoms with E-state index in [2.05, 4.69) is 5.32 Å². The van der Waals surface area contributed by atoms with Gasteiger partial charge in [0.25, 0.3) is 5.91 Å². The van der Waals surface area contributed by atoms with Gasteiger partial charge in [0.1, 0.15) is 5.57 Å². The van der Waals surface area contributed by atoms with Gasteiger partial charge in [0.15, 0.2) is 6.29 Å². The minimum absolute atomic E-state index is 0.295. The topological polar surface area (TPSA) is 123 Å². The first-order valence-corrected chi connectivity index (χ1v) is 7.03. The van der Waals surface area contributed by atoms with Crippen molar-refractivity contribution in [3.63, 3.8) is 0 Å². The SMILES string of the molecule is CC(CN1CCC(C(O)O)C1)N/C(C=N)=C(/C(N)=O)C(F)(F)F. The molecule has 1 fully saturated rings. The summed E-state index contributed by atoms with van der Waals surface area (Å²) < 4.78 is 38.5. The second kappa shape index (κ2) is 7.75. The molecule has 0 aromatic heterocycles. The van der Waals surface area contributed by atoms with Crippen LogP contribution in [0.4, 0.5) is 13.2 Å². The summed E-state index contributed by atoms with van der Waals surface area (Å²) in [6.45, 7) is 2.92. The molecule has 10 heteroatoms. The van der Waals surface area contributed by atoms with Crippen molar-refractivity contribution in [2.45, 2.75) is 31.9 Å². The maximum atomic E-state index is 12.8. The van der Waals surface area contributed by atoms with Gasteiger partial charge >= 0.3 is 6.18 Å². The minimum atomic E-state index is -4.95. The second-order valence-electron chi connectivity index (χ2n) is 5.56. The standard InChI is InChI=1S/C13H21F3N4O3/c1-7(5-20-3-2-8(6-20)12(22)23)19-9(4-17)10(11(18)21)13(14,15)16/h4,7-8,12,17,19,22-23H,2-3,5-6H2,1H3,(H2,18,21)/b10-9-,17-4?. The number of halogens is 3. The van der Waals surface area contributed by atoms with E-state index in [0.717, 1.165) is 0 Å². The molecule has 1 rings (SSSR count). The molecule has 0 spiro atoms. The van der Waals surface area contributed by atoms with Gasteiger partial charge in [-0.3, -0.25) is 4.79 Å². The van der Waals surface area contributed by atoms with Crippen molar-refractivity contribution in [1.82, 2.24) is 10.2 Å². The molecule has 1 aliphatic heterocycles. The summed E-state index contributed by atoms with van der Waals surface area (Å²) in [4.78, 5) is 12.9. The van der Waals surface area contributed by atoms with Crippen molar-refractivity contribution in [1.29, 1.82) is 5.41 Å². The molecular formula is C13H21F3N4O3. The third-order valence-corrected chi connectivity index (χ3v) is 3.61. The smallest absolute Gasteiger partial charge is 0.379 e. The van der Waals surface area contributed by atoms with Crippen molar-refractivity contribution >= 4 is 12.1 Å². The van der Waals surface area contributed by atoms with Crippen molar-refractivity contribution in [3.8, 4) is 0 Å². The maximum Gasteiger partial charge on any atom is 0.423 e. The van der Waals surface area contributed by atoms with Gasteiger partial charge in [-0.05, 0) is 19.9 Å². The number of allylic oxidation sites excluding steroid dienone is 1. The van der Waals surface area contributed by atoms with E-state index in [9.17, 15) is 18.0 Å². The van der Waals surface area contributed by atoms with Gasteiger partial charge in [0.2, 0.25) is 0 Å². The highest BCUT2D eigenvalue weighted by Crippen LogP contribution is 2.27. The zero-order valence-electron chi connectivity index (χ0n) is 12.6. The highest BCUT2D eigenvalue weighted by Gasteiger charge is 2.40. The lowest BCUT2D eigenvalue weighted by Crippen LogP contribution is -2.41. The fourth-order valence-electron chi connectivity index (χ4n) is 2.58. The normalized spacial score (nSPS) is 22.0. The number of carbonyl (C=O) groups is 1. The number of nitrogens with zero attached hydrogens (tertiary/aromatic N) is 1. The van der Waals surface area contributed by atoms with Crippen molar-refractivity contribution in [2.24, 2.45) is 11.7 Å². The van der Waals surface area contributed by atoms with Crippen LogP contribution in [-0.4, -0.2) is 65.4 Å². The Morgan fingerprint density at radius 3 is 2.52 bits per heavy atom. The number of amides is 1. The van der Waals surface area contributed by atoms with E-state index in [1.807, 2.05) is 4.90 Å². The zero-order valence-corrected chi connectivity index (χ0v) is 12.6. The van der Waals surface area contributed by atoms with Crippen LogP contribution in [0.5, 0.6) is 0 Å². The third kappa shape index (κ3) is 5.48. The van der Waals surface area contributed by atoms with Crippen LogP contribution in [0.25, 0.3) is 0 Å². The van der Waals surface area contributed by atoms with Gasteiger partial charge in [0, 0.05) is 31.3 Å². The lowest BCUT2D eigenvalue weighted by atomic mass is 10.1. The van der Waals surface area contributed by atoms with E-state index in [4.69, 9.17) is 21.4 Å². The van der Waals surface area contributed by atoms with Crippen LogP contribution in [0.15, 0.2) is 11.3 Å². The second-order valence-corrected chi connectivity index (χ2v) is 5.56. The monoisotopic (exact) mass is 338 g/mol. The number of hydrogen-bond donors (Lipinski definition) is 5. The molecule has 2 unspecified atom stereocenters. The molecule has 132 valence electrons. The van der Waals surface area contributed by atoms with Crippen molar-refractivity contribution in [3.05, 3.63) is 11.3 Å². The average Bonchev–Trinajstić information content (AvgIpc) is 2.84. The molecular weight excluding hydrogens is 317 g/mol. The summed E-state index contributed by atoms with van der Waals surface area (Å²) >= 11 is 0. The predicted octanol–water partition coefficient (Wildman–Crippen LogP) is -0.452. The van der Waals surface area contributed by atoms with Crippen LogP contribution < -0.4 is 11.1 Å². The van der Waals surface area contributed by atoms with Gasteiger partial charge in [-0.15, -0.1) is 0 Å². The summed E-state index contributed by atoms with van der Waals surface area (Å²) in [6, 6.07) is -0.502. The van der Waals surface area contributed by atoms with Crippen LogP contribution in [-0.2, 0) is 4.79 Å². The van der Waals surface area contributed by atoms with E-state index < -0.39 is 35.7 Å². The van der Waals surface area contributed by atoms with Crippen molar-refractivity contribution < 1.29 is 28.2 Å². The first-order valence-electron chi connectivity index (χ1n) is 7.03. The highest BCUT2D eigenvalue weighted by atomic mass is 19.4. The molecule has 23 heavy (non-hydrogen) atoms. The van der Waals surface area contributed by atoms with Crippen LogP contribution in [0.1, 0.15) is 13.3 Å². The number of primary amides is 1. The molecule has 0 aromatic rings. The molecule has 6 N–H and O–H groups in total. The number of nitrogens with one attached hydrogen (secondary N) is 2. The van der Waals surface area contributed by atoms with E-state index in [1.54, 1.807) is 6.92 Å². The number of alkyl halides is 3. The Bertz CT molecular complexity index is 480. The van der Waals surface area contributed by atoms with Gasteiger partial charge in [-0.25, -0.2) is 0 Å². The van der Waals surface area contributed by atoms with E-state index in [-0.39, 0.29) is 5.92 Å². The van der Waals surface area contributed by atoms with Gasteiger partial charge in [-0.1, -0.05) is 0 Å². The first-order chi connectivity index (χ1) is 10.6. The highest BCUT2D eigenvalue weighted by molar-refractivity contribution is 5.99. The molecule has 1 aliphatic rings. The maximum absolute atomic E-state index is 12.8. The summed E-state index contributed by atoms with van der Waals surface area (Å²) in [5.74, 6) is -1.95. The number of nitrogens with two attached hydrogens (primary N) is 1. The molecule has 0 saturated carbocycles. The summed E-state index contributed by atoms with van der Waals surface area (Å²) in [5.41, 5.74) is 2.49. The molecule has 1 heterocycles. The Kier molecular flexibility index (Phi) is 6.54. The predicted molar refractivity (Wildman–Crippen MR) is 76.4 cm³/mol. The lowest BCUT2D eigenvalue weighted by molar-refractivity contribution is -0.128. The van der Waals surface area contributed by atoms with Crippen LogP contribution in [0, 0.1) is 11.3 Å². The van der Waals surface area contributed by atoms with Crippen molar-refractivity contribution in [2.75, 3.05) is 19.6 Å². The molecule has 0 bridgehead atoms. The lowest BCUT2D eigenvalue weighted by Gasteiger charge is -2.24. The quantitative estimate of drug-likeness (QED) is 0.244. The molecule has 0 aliphatic carbocycles. The number of aliphatic hydroxyl groups excluding tert-OH is 1. The molecule has 1 saturated heterocycles. The number of hydrogen-bond acceptors (Lipinski definition) is 6. The number of carbonyl (C=O) groups excluding carboxylic acids is 1. The average molecular weight is 338 g/mol. The molecule has 1 amide bonds. The molecule has 0 aromatic carbocycles. The van der Waals surface area contributed by atoms with Crippen LogP contribution >= 0.6 is 0 Å². The minimum Gasteiger partial charge on any atom is -0.379 e. The summed E-state index contributed by atoms with van der Waals surface area (Å²) in [7, 11) is 0. The third-order valence-electron chi connectivity index (χ3n) is 3.61. The largest absolute Gasteiger partial charge is 0.423 e. The Labute approximate surface area is 131 Å². The van der Waals surface area contributed by atoms with E-state index >= 15 is 0 Å². The number of aliphatic hydroxyl groups is 2. The molecule has 0 radical (unpaired) electrons. The van der Waals surface area contributed by atoms with Crippen LogP contribution in [0.2, 0.25) is 0 Å². The van der Waals surface area contributed by atoms with E-state index in [1.165, 1.54) is 0 Å². The first kappa shape index (κ1) is 19.4. The molecule has 7 nitrogen and oxygen atoms in total. The summed E-state index contributed by atoms with van der Waals surface area (Å²) in [6.07, 6.45) is -5.39. The fraction of sp³-hybridized carbons (Fsp3) is 0.692. The Hall–Kier alpha value is -1.65. The number of rotatable bonds is 7. The Morgan fingerprint density at radius 1 is 1.52 bits per heavy atom. The van der Waals surface area contributed by atoms with Crippen LogP contribution in [0.3, 0.4) is 0 Å². The Balaban J connectivity index is 2.75. The fourth-order valence-corrected chi connectivity index (χ4v) is 2.58.